The molecule has 24 heavy (non-hydrogen) atoms. The van der Waals surface area contributed by atoms with Gasteiger partial charge in [-0.15, -0.1) is 0 Å². The van der Waals surface area contributed by atoms with Gasteiger partial charge in [0, 0.05) is 26.1 Å². The maximum Gasteiger partial charge on any atom is 0.317 e. The van der Waals surface area contributed by atoms with Crippen LogP contribution in [-0.4, -0.2) is 48.8 Å². The van der Waals surface area contributed by atoms with Crippen LogP contribution in [-0.2, 0) is 11.2 Å². The van der Waals surface area contributed by atoms with E-state index in [0.717, 1.165) is 38.1 Å². The SMILES string of the molecule is COc1ccc(CC2CCCN(C(=O)NCCCC(=O)O)C2)cc1. The third-order valence-electron chi connectivity index (χ3n) is 4.33. The van der Waals surface area contributed by atoms with E-state index in [0.29, 0.717) is 18.9 Å². The Labute approximate surface area is 142 Å². The number of hydrogen-bond donors (Lipinski definition) is 2. The Balaban J connectivity index is 1.77. The fourth-order valence-corrected chi connectivity index (χ4v) is 3.06. The summed E-state index contributed by atoms with van der Waals surface area (Å²) in [7, 11) is 1.66. The average Bonchev–Trinajstić information content (AvgIpc) is 2.59. The molecule has 2 N–H and O–H groups in total. The predicted octanol–water partition coefficient (Wildman–Crippen LogP) is 2.52. The van der Waals surface area contributed by atoms with Crippen molar-refractivity contribution in [2.45, 2.75) is 32.1 Å². The molecule has 2 amide bonds. The number of likely N-dealkylation sites (tertiary alicyclic amines) is 1. The highest BCUT2D eigenvalue weighted by Crippen LogP contribution is 2.22. The van der Waals surface area contributed by atoms with Crippen LogP contribution >= 0.6 is 0 Å². The van der Waals surface area contributed by atoms with Crippen molar-refractivity contribution >= 4 is 12.0 Å². The number of rotatable bonds is 7. The summed E-state index contributed by atoms with van der Waals surface area (Å²) in [6.07, 6.45) is 3.62. The molecule has 1 aromatic carbocycles. The minimum absolute atomic E-state index is 0.0835. The lowest BCUT2D eigenvalue weighted by molar-refractivity contribution is -0.137. The van der Waals surface area contributed by atoms with Gasteiger partial charge in [0.25, 0.3) is 0 Å². The van der Waals surface area contributed by atoms with Crippen molar-refractivity contribution in [2.24, 2.45) is 5.92 Å². The van der Waals surface area contributed by atoms with E-state index in [9.17, 15) is 9.59 Å². The Hall–Kier alpha value is -2.24. The molecule has 0 aromatic heterocycles. The third-order valence-corrected chi connectivity index (χ3v) is 4.33. The monoisotopic (exact) mass is 334 g/mol. The van der Waals surface area contributed by atoms with Gasteiger partial charge < -0.3 is 20.1 Å². The van der Waals surface area contributed by atoms with Crippen molar-refractivity contribution in [3.8, 4) is 5.75 Å². The van der Waals surface area contributed by atoms with Crippen LogP contribution in [0.1, 0.15) is 31.2 Å². The van der Waals surface area contributed by atoms with Crippen LogP contribution in [0.3, 0.4) is 0 Å². The fourth-order valence-electron chi connectivity index (χ4n) is 3.06. The summed E-state index contributed by atoms with van der Waals surface area (Å²) in [4.78, 5) is 24.5. The molecule has 0 spiro atoms. The molecule has 1 saturated heterocycles. The number of ether oxygens (including phenoxy) is 1. The van der Waals surface area contributed by atoms with Gasteiger partial charge in [-0.1, -0.05) is 12.1 Å². The number of nitrogens with zero attached hydrogens (tertiary/aromatic N) is 1. The van der Waals surface area contributed by atoms with Crippen molar-refractivity contribution in [3.63, 3.8) is 0 Å². The number of piperidine rings is 1. The zero-order valence-electron chi connectivity index (χ0n) is 14.2. The lowest BCUT2D eigenvalue weighted by Crippen LogP contribution is -2.46. The van der Waals surface area contributed by atoms with Gasteiger partial charge in [0.05, 0.1) is 7.11 Å². The van der Waals surface area contributed by atoms with Crippen molar-refractivity contribution in [2.75, 3.05) is 26.7 Å². The van der Waals surface area contributed by atoms with E-state index < -0.39 is 5.97 Å². The summed E-state index contributed by atoms with van der Waals surface area (Å²) in [5.41, 5.74) is 1.25. The average molecular weight is 334 g/mol. The summed E-state index contributed by atoms with van der Waals surface area (Å²) in [5, 5.41) is 11.4. The van der Waals surface area contributed by atoms with Gasteiger partial charge in [-0.2, -0.15) is 0 Å². The quantitative estimate of drug-likeness (QED) is 0.751. The number of hydrogen-bond acceptors (Lipinski definition) is 3. The van der Waals surface area contributed by atoms with E-state index in [1.165, 1.54) is 5.56 Å². The van der Waals surface area contributed by atoms with E-state index in [1.54, 1.807) is 7.11 Å². The minimum Gasteiger partial charge on any atom is -0.497 e. The first-order chi connectivity index (χ1) is 11.6. The van der Waals surface area contributed by atoms with Crippen molar-refractivity contribution in [1.29, 1.82) is 0 Å². The number of carbonyl (C=O) groups is 2. The van der Waals surface area contributed by atoms with Crippen LogP contribution in [0.4, 0.5) is 4.79 Å². The minimum atomic E-state index is -0.832. The highest BCUT2D eigenvalue weighted by atomic mass is 16.5. The van der Waals surface area contributed by atoms with Gasteiger partial charge in [-0.05, 0) is 49.3 Å². The number of carboxylic acid groups (broad SMARTS) is 1. The van der Waals surface area contributed by atoms with Gasteiger partial charge in [0.15, 0.2) is 0 Å². The molecule has 1 unspecified atom stereocenters. The number of amides is 2. The molecule has 2 rings (SSSR count). The highest BCUT2D eigenvalue weighted by molar-refractivity contribution is 5.74. The smallest absolute Gasteiger partial charge is 0.317 e. The molecule has 6 heteroatoms. The molecule has 0 radical (unpaired) electrons. The molecule has 1 heterocycles. The number of nitrogens with one attached hydrogen (secondary N) is 1. The van der Waals surface area contributed by atoms with Gasteiger partial charge in [-0.25, -0.2) is 4.79 Å². The van der Waals surface area contributed by atoms with E-state index >= 15 is 0 Å². The summed E-state index contributed by atoms with van der Waals surface area (Å²) in [6.45, 7) is 1.92. The Bertz CT molecular complexity index is 544. The van der Waals surface area contributed by atoms with E-state index in [-0.39, 0.29) is 12.5 Å². The van der Waals surface area contributed by atoms with Crippen molar-refractivity contribution in [1.82, 2.24) is 10.2 Å². The second-order valence-corrected chi connectivity index (χ2v) is 6.24. The predicted molar refractivity (Wildman–Crippen MR) is 91.3 cm³/mol. The number of carbonyl (C=O) groups excluding carboxylic acids is 1. The van der Waals surface area contributed by atoms with E-state index in [4.69, 9.17) is 9.84 Å². The van der Waals surface area contributed by atoms with Crippen LogP contribution in [0.15, 0.2) is 24.3 Å². The number of urea groups is 1. The number of carboxylic acids is 1. The Morgan fingerprint density at radius 1 is 1.33 bits per heavy atom. The van der Waals surface area contributed by atoms with Gasteiger partial charge >= 0.3 is 12.0 Å². The lowest BCUT2D eigenvalue weighted by atomic mass is 9.91. The molecular weight excluding hydrogens is 308 g/mol. The van der Waals surface area contributed by atoms with Crippen LogP contribution in [0.25, 0.3) is 0 Å². The number of methoxy groups -OCH3 is 1. The molecule has 1 atom stereocenters. The first kappa shape index (κ1) is 18.1. The second-order valence-electron chi connectivity index (χ2n) is 6.24. The summed E-state index contributed by atoms with van der Waals surface area (Å²) < 4.78 is 5.17. The third kappa shape index (κ3) is 5.76. The fraction of sp³-hybridized carbons (Fsp3) is 0.556. The molecule has 0 aliphatic carbocycles. The van der Waals surface area contributed by atoms with Gasteiger partial charge in [0.2, 0.25) is 0 Å². The number of benzene rings is 1. The maximum absolute atomic E-state index is 12.2. The van der Waals surface area contributed by atoms with E-state index in [2.05, 4.69) is 17.4 Å². The molecule has 1 fully saturated rings. The summed E-state index contributed by atoms with van der Waals surface area (Å²) in [5.74, 6) is 0.475. The van der Waals surface area contributed by atoms with Gasteiger partial charge in [-0.3, -0.25) is 4.79 Å². The van der Waals surface area contributed by atoms with Crippen LogP contribution in [0.5, 0.6) is 5.75 Å². The normalized spacial score (nSPS) is 17.4. The van der Waals surface area contributed by atoms with Crippen molar-refractivity contribution in [3.05, 3.63) is 29.8 Å². The lowest BCUT2D eigenvalue weighted by Gasteiger charge is -2.33. The molecule has 1 aliphatic heterocycles. The molecule has 132 valence electrons. The standard InChI is InChI=1S/C18H26N2O4/c1-24-16-8-6-14(7-9-16)12-15-4-3-11-20(13-15)18(23)19-10-2-5-17(21)22/h6-9,15H,2-5,10-13H2,1H3,(H,19,23)(H,21,22). The second kappa shape index (κ2) is 9.15. The summed E-state index contributed by atoms with van der Waals surface area (Å²) >= 11 is 0. The zero-order chi connectivity index (χ0) is 17.4. The topological polar surface area (TPSA) is 78.9 Å². The Kier molecular flexibility index (Phi) is 6.90. The highest BCUT2D eigenvalue weighted by Gasteiger charge is 2.23. The molecular formula is C18H26N2O4. The molecule has 0 saturated carbocycles. The zero-order valence-corrected chi connectivity index (χ0v) is 14.2. The first-order valence-corrected chi connectivity index (χ1v) is 8.46. The van der Waals surface area contributed by atoms with E-state index in [1.807, 2.05) is 17.0 Å². The van der Waals surface area contributed by atoms with Crippen LogP contribution < -0.4 is 10.1 Å². The first-order valence-electron chi connectivity index (χ1n) is 8.46. The molecule has 1 aliphatic rings. The largest absolute Gasteiger partial charge is 0.497 e. The van der Waals surface area contributed by atoms with Crippen LogP contribution in [0.2, 0.25) is 0 Å². The molecule has 6 nitrogen and oxygen atoms in total. The Morgan fingerprint density at radius 2 is 2.08 bits per heavy atom. The maximum atomic E-state index is 12.2. The van der Waals surface area contributed by atoms with Crippen LogP contribution in [0, 0.1) is 5.92 Å². The summed E-state index contributed by atoms with van der Waals surface area (Å²) in [6, 6.07) is 7.99. The van der Waals surface area contributed by atoms with Crippen molar-refractivity contribution < 1.29 is 19.4 Å². The van der Waals surface area contributed by atoms with Gasteiger partial charge in [0.1, 0.15) is 5.75 Å². The molecule has 1 aromatic rings. The Morgan fingerprint density at radius 3 is 2.75 bits per heavy atom. The number of aliphatic carboxylic acids is 1. The molecule has 0 bridgehead atoms.